The summed E-state index contributed by atoms with van der Waals surface area (Å²) in [5.41, 5.74) is 0.0451. The number of rotatable bonds is 12. The van der Waals surface area contributed by atoms with E-state index in [0.717, 1.165) is 35.6 Å². The summed E-state index contributed by atoms with van der Waals surface area (Å²) in [6.07, 6.45) is -9.73. The molecule has 68 heavy (non-hydrogen) atoms. The van der Waals surface area contributed by atoms with Crippen LogP contribution in [-0.4, -0.2) is 174 Å². The molecule has 1 heterocycles. The summed E-state index contributed by atoms with van der Waals surface area (Å²) >= 11 is 0. The number of cyclic esters (lactones) is 2. The molecule has 11 atom stereocenters. The van der Waals surface area contributed by atoms with Crippen molar-refractivity contribution < 1.29 is 76.7 Å². The predicted molar refractivity (Wildman–Crippen MR) is 241 cm³/mol. The zero-order chi connectivity index (χ0) is 52.1. The molecule has 0 spiro atoms. The highest BCUT2D eigenvalue weighted by Gasteiger charge is 2.46. The largest absolute Gasteiger partial charge is 0.458 e. The van der Waals surface area contributed by atoms with Crippen molar-refractivity contribution in [3.63, 3.8) is 0 Å². The van der Waals surface area contributed by atoms with E-state index in [0.29, 0.717) is 5.56 Å². The van der Waals surface area contributed by atoms with E-state index in [9.17, 15) is 53.1 Å². The second-order valence-corrected chi connectivity index (χ2v) is 17.3. The molecule has 6 amide bonds. The number of amides is 6. The van der Waals surface area contributed by atoms with Crippen molar-refractivity contribution in [2.75, 3.05) is 28.3 Å². The van der Waals surface area contributed by atoms with Crippen LogP contribution in [0, 0.1) is 11.8 Å². The van der Waals surface area contributed by atoms with Crippen LogP contribution in [0.2, 0.25) is 0 Å². The summed E-state index contributed by atoms with van der Waals surface area (Å²) in [7, 11) is 4.80. The molecule has 1 aromatic carbocycles. The molecule has 0 bridgehead atoms. The Morgan fingerprint density at radius 2 is 1.40 bits per heavy atom. The van der Waals surface area contributed by atoms with Crippen LogP contribution in [0.4, 0.5) is 0 Å². The van der Waals surface area contributed by atoms with E-state index >= 15 is 0 Å². The Labute approximate surface area is 396 Å². The number of benzene rings is 1. The molecule has 378 valence electrons. The minimum Gasteiger partial charge on any atom is -0.458 e. The van der Waals surface area contributed by atoms with Gasteiger partial charge in [-0.2, -0.15) is 0 Å². The first-order valence-corrected chi connectivity index (χ1v) is 22.0. The number of hydrogen-bond acceptors (Lipinski definition) is 16. The monoisotopic (exact) mass is 960 g/mol. The second-order valence-electron chi connectivity index (χ2n) is 17.3. The lowest BCUT2D eigenvalue weighted by atomic mass is 9.96. The molecule has 0 aromatic heterocycles. The Kier molecular flexibility index (Phi) is 21.8. The maximum absolute atomic E-state index is 14.9. The number of nitrogens with one attached hydrogen (secondary N) is 3. The molecular formula is C46H68N6O16. The summed E-state index contributed by atoms with van der Waals surface area (Å²) in [4.78, 5) is 140. The van der Waals surface area contributed by atoms with Crippen molar-refractivity contribution in [2.24, 2.45) is 11.8 Å². The number of likely N-dealkylation sites (N-methyl/N-ethyl adjacent to an activating group) is 3. The zero-order valence-corrected chi connectivity index (χ0v) is 41.2. The number of aliphatic hydroxyl groups is 1. The van der Waals surface area contributed by atoms with Gasteiger partial charge in [0, 0.05) is 48.5 Å². The van der Waals surface area contributed by atoms with Crippen LogP contribution in [0.5, 0.6) is 0 Å². The Hall–Kier alpha value is -6.42. The van der Waals surface area contributed by atoms with Crippen molar-refractivity contribution in [1.82, 2.24) is 30.7 Å². The quantitative estimate of drug-likeness (QED) is 0.120. The number of esters is 4. The summed E-state index contributed by atoms with van der Waals surface area (Å²) in [5, 5.41) is 18.2. The number of carbonyl (C=O) groups is 10. The summed E-state index contributed by atoms with van der Waals surface area (Å²) in [6, 6.07) is 0.231. The van der Waals surface area contributed by atoms with E-state index in [-0.39, 0.29) is 6.42 Å². The zero-order valence-electron chi connectivity index (χ0n) is 41.2. The highest BCUT2D eigenvalue weighted by atomic mass is 16.6. The number of aliphatic hydroxyl groups excluding tert-OH is 1. The maximum atomic E-state index is 14.9. The number of carbonyl (C=O) groups excluding carboxylic acids is 10. The fraction of sp³-hybridized carbons (Fsp3) is 0.609. The first-order chi connectivity index (χ1) is 31.6. The Balaban J connectivity index is 2.89. The van der Waals surface area contributed by atoms with E-state index in [1.165, 1.54) is 62.7 Å². The van der Waals surface area contributed by atoms with Gasteiger partial charge in [0.1, 0.15) is 42.1 Å². The molecule has 0 saturated carbocycles. The number of ether oxygens (including phenoxy) is 5. The molecule has 4 N–H and O–H groups in total. The minimum absolute atomic E-state index is 0.234. The summed E-state index contributed by atoms with van der Waals surface area (Å²) in [6.45, 7) is 17.2. The van der Waals surface area contributed by atoms with Gasteiger partial charge in [0.05, 0.1) is 6.10 Å². The van der Waals surface area contributed by atoms with E-state index < -0.39 is 144 Å². The van der Waals surface area contributed by atoms with Crippen LogP contribution in [0.15, 0.2) is 42.6 Å². The van der Waals surface area contributed by atoms with Gasteiger partial charge in [0.2, 0.25) is 29.7 Å². The highest BCUT2D eigenvalue weighted by Crippen LogP contribution is 2.22. The van der Waals surface area contributed by atoms with Gasteiger partial charge in [-0.15, -0.1) is 0 Å². The van der Waals surface area contributed by atoms with Gasteiger partial charge in [-0.25, -0.2) is 14.4 Å². The van der Waals surface area contributed by atoms with E-state index in [1.807, 2.05) is 0 Å². The van der Waals surface area contributed by atoms with Gasteiger partial charge in [0.15, 0.2) is 18.2 Å². The summed E-state index contributed by atoms with van der Waals surface area (Å²) in [5.74, 6) is -11.7. The fourth-order valence-corrected chi connectivity index (χ4v) is 6.93. The first kappa shape index (κ1) is 57.7. The maximum Gasteiger partial charge on any atom is 0.350 e. The molecule has 2 rings (SSSR count). The van der Waals surface area contributed by atoms with Crippen molar-refractivity contribution in [3.8, 4) is 0 Å². The molecule has 1 fully saturated rings. The third-order valence-corrected chi connectivity index (χ3v) is 11.3. The predicted octanol–water partition coefficient (Wildman–Crippen LogP) is -0.222. The SMILES string of the molecule is C=C1C(=O)N[C@@H](C)C(=O)N(C)[C@@H](C)C(=O)N[C@@H]([C@H](OC(=O)C(OC(C)=O)[C@H](O)C(C)C)C(C)C)C(=O)N(C)C([C@@H](C)OC)C(=O)O[C@H](C)[C@H](NC(C)=O)C(=O)O[C@H](Cc2ccccc2)C(=O)N1C. The molecule has 2 unspecified atom stereocenters. The topological polar surface area (TPSA) is 283 Å². The van der Waals surface area contributed by atoms with Crippen molar-refractivity contribution in [2.45, 2.75) is 142 Å². The number of nitrogens with zero attached hydrogens (tertiary/aromatic N) is 3. The Morgan fingerprint density at radius 3 is 1.91 bits per heavy atom. The van der Waals surface area contributed by atoms with Crippen molar-refractivity contribution in [1.29, 1.82) is 0 Å². The molecule has 1 aliphatic heterocycles. The lowest BCUT2D eigenvalue weighted by molar-refractivity contribution is -0.184. The Bertz CT molecular complexity index is 2030. The van der Waals surface area contributed by atoms with Gasteiger partial charge in [-0.3, -0.25) is 33.6 Å². The van der Waals surface area contributed by atoms with E-state index in [2.05, 4.69) is 22.5 Å². The van der Waals surface area contributed by atoms with Crippen LogP contribution in [0.3, 0.4) is 0 Å². The van der Waals surface area contributed by atoms with E-state index in [4.69, 9.17) is 23.7 Å². The third-order valence-electron chi connectivity index (χ3n) is 11.3. The van der Waals surface area contributed by atoms with Crippen LogP contribution >= 0.6 is 0 Å². The fourth-order valence-electron chi connectivity index (χ4n) is 6.93. The Morgan fingerprint density at radius 1 is 0.809 bits per heavy atom. The lowest BCUT2D eigenvalue weighted by Crippen LogP contribution is -2.63. The van der Waals surface area contributed by atoms with Crippen molar-refractivity contribution >= 4 is 59.3 Å². The molecule has 1 saturated heterocycles. The van der Waals surface area contributed by atoms with Crippen LogP contribution < -0.4 is 16.0 Å². The molecule has 1 aliphatic rings. The van der Waals surface area contributed by atoms with E-state index in [1.54, 1.807) is 44.2 Å². The number of methoxy groups -OCH3 is 1. The summed E-state index contributed by atoms with van der Waals surface area (Å²) < 4.78 is 27.9. The van der Waals surface area contributed by atoms with Crippen LogP contribution in [0.25, 0.3) is 0 Å². The molecule has 0 aliphatic carbocycles. The average Bonchev–Trinajstić information content (AvgIpc) is 3.27. The lowest BCUT2D eigenvalue weighted by Gasteiger charge is -2.38. The van der Waals surface area contributed by atoms with Crippen molar-refractivity contribution in [3.05, 3.63) is 48.2 Å². The standard InChI is InChI=1S/C46H68N6O16/c1-22(2)36(55)38(66-30(11)54)46(63)68-37(23(3)4)34-43(60)52(14)35(28(9)64-15)45(62)65-27(8)33(48-29(10)53)44(61)67-32(21-31-19-17-16-18-20-31)42(59)51(13)25(6)39(56)47-24(5)41(58)50(12)26(7)40(57)49-34/h16-20,22-24,26-28,32-38,55H,6,21H2,1-5,7-15H3,(H,47,56)(H,48,53)(H,49,57)/t24-,26-,27+,28+,32+,33-,34-,35?,36+,37+,38?/m0/s1. The molecule has 1 aromatic rings. The first-order valence-electron chi connectivity index (χ1n) is 22.0. The molecule has 22 nitrogen and oxygen atoms in total. The van der Waals surface area contributed by atoms with Gasteiger partial charge >= 0.3 is 23.9 Å². The normalized spacial score (nSPS) is 25.2. The molecule has 0 radical (unpaired) electrons. The second kappa shape index (κ2) is 25.6. The van der Waals surface area contributed by atoms with Crippen LogP contribution in [0.1, 0.15) is 74.8 Å². The smallest absolute Gasteiger partial charge is 0.350 e. The van der Waals surface area contributed by atoms with Gasteiger partial charge < -0.3 is 59.4 Å². The third kappa shape index (κ3) is 15.3. The van der Waals surface area contributed by atoms with Crippen LogP contribution in [-0.2, 0) is 78.1 Å². The molecular weight excluding hydrogens is 893 g/mol. The minimum atomic E-state index is -1.89. The average molecular weight is 961 g/mol. The molecule has 22 heteroatoms. The number of hydrogen-bond donors (Lipinski definition) is 4. The van der Waals surface area contributed by atoms with Gasteiger partial charge in [-0.05, 0) is 45.1 Å². The highest BCUT2D eigenvalue weighted by molar-refractivity contribution is 6.01. The van der Waals surface area contributed by atoms with Gasteiger partial charge in [0.25, 0.3) is 11.8 Å². The van der Waals surface area contributed by atoms with Gasteiger partial charge in [-0.1, -0.05) is 64.6 Å².